The van der Waals surface area contributed by atoms with Crippen molar-refractivity contribution in [2.75, 3.05) is 12.5 Å². The Labute approximate surface area is 144 Å². The van der Waals surface area contributed by atoms with E-state index in [1.165, 1.54) is 0 Å². The summed E-state index contributed by atoms with van der Waals surface area (Å²) in [6, 6.07) is 5.01. The quantitative estimate of drug-likeness (QED) is 0.781. The zero-order chi connectivity index (χ0) is 16.9. The van der Waals surface area contributed by atoms with E-state index in [9.17, 15) is 9.59 Å². The third-order valence-corrected chi connectivity index (χ3v) is 6.38. The molecule has 0 spiro atoms. The van der Waals surface area contributed by atoms with Crippen molar-refractivity contribution < 1.29 is 23.8 Å². The lowest BCUT2D eigenvalue weighted by Crippen LogP contribution is -2.46. The average Bonchev–Trinajstić information content (AvgIpc) is 3.22. The van der Waals surface area contributed by atoms with Gasteiger partial charge < -0.3 is 19.1 Å². The maximum absolute atomic E-state index is 12.6. The van der Waals surface area contributed by atoms with Gasteiger partial charge in [-0.25, -0.2) is 4.79 Å². The molecule has 1 aromatic rings. The second-order valence-electron chi connectivity index (χ2n) is 6.46. The summed E-state index contributed by atoms with van der Waals surface area (Å²) in [7, 11) is 0. The molecule has 0 radical (unpaired) electrons. The molecule has 2 saturated heterocycles. The van der Waals surface area contributed by atoms with E-state index >= 15 is 0 Å². The van der Waals surface area contributed by atoms with E-state index in [4.69, 9.17) is 14.2 Å². The molecule has 2 fully saturated rings. The molecule has 0 N–H and O–H groups in total. The number of carbonyl (C=O) groups is 2. The van der Waals surface area contributed by atoms with Crippen LogP contribution in [0.4, 0.5) is 0 Å². The summed E-state index contributed by atoms with van der Waals surface area (Å²) in [6.07, 6.45) is 0.879. The summed E-state index contributed by atoms with van der Waals surface area (Å²) in [5.41, 5.74) is 0.841. The van der Waals surface area contributed by atoms with Crippen LogP contribution in [0.25, 0.3) is 0 Å². The van der Waals surface area contributed by atoms with Crippen LogP contribution >= 0.6 is 11.8 Å². The van der Waals surface area contributed by atoms with E-state index in [1.807, 2.05) is 32.0 Å². The Morgan fingerprint density at radius 1 is 1.42 bits per heavy atom. The van der Waals surface area contributed by atoms with Gasteiger partial charge in [-0.2, -0.15) is 0 Å². The maximum Gasteiger partial charge on any atom is 0.330 e. The Hall–Kier alpha value is -1.89. The Bertz CT molecular complexity index is 708. The fourth-order valence-corrected chi connectivity index (χ4v) is 4.90. The highest BCUT2D eigenvalue weighted by molar-refractivity contribution is 8.01. The van der Waals surface area contributed by atoms with Gasteiger partial charge in [-0.15, -0.1) is 11.8 Å². The predicted molar refractivity (Wildman–Crippen MR) is 87.8 cm³/mol. The highest BCUT2D eigenvalue weighted by atomic mass is 32.2. The topological polar surface area (TPSA) is 65.1 Å². The second-order valence-corrected chi connectivity index (χ2v) is 7.96. The van der Waals surface area contributed by atoms with E-state index in [2.05, 4.69) is 0 Å². The molecule has 3 atom stereocenters. The van der Waals surface area contributed by atoms with Crippen LogP contribution in [0, 0.1) is 0 Å². The summed E-state index contributed by atoms with van der Waals surface area (Å²) >= 11 is 1.66. The van der Waals surface area contributed by atoms with Crippen LogP contribution in [-0.4, -0.2) is 40.2 Å². The molecular weight excluding hydrogens is 330 g/mol. The van der Waals surface area contributed by atoms with Crippen molar-refractivity contribution >= 4 is 23.6 Å². The van der Waals surface area contributed by atoms with Gasteiger partial charge in [0.05, 0.1) is 4.87 Å². The van der Waals surface area contributed by atoms with Crippen LogP contribution in [0.2, 0.25) is 0 Å². The van der Waals surface area contributed by atoms with Crippen molar-refractivity contribution in [3.05, 3.63) is 23.8 Å². The predicted octanol–water partition coefficient (Wildman–Crippen LogP) is 2.47. The first-order valence-electron chi connectivity index (χ1n) is 8.04. The molecule has 1 amide bonds. The smallest absolute Gasteiger partial charge is 0.330 e. The Balaban J connectivity index is 1.47. The fraction of sp³-hybridized carbons (Fsp3) is 0.529. The number of carbonyl (C=O) groups excluding carboxylic acids is 2. The van der Waals surface area contributed by atoms with Crippen molar-refractivity contribution in [1.29, 1.82) is 0 Å². The number of amides is 1. The van der Waals surface area contributed by atoms with Crippen molar-refractivity contribution in [2.24, 2.45) is 0 Å². The van der Waals surface area contributed by atoms with E-state index in [-0.39, 0.29) is 23.5 Å². The van der Waals surface area contributed by atoms with Crippen molar-refractivity contribution in [1.82, 2.24) is 4.90 Å². The molecular formula is C17H19NO5S. The van der Waals surface area contributed by atoms with Gasteiger partial charge in [-0.3, -0.25) is 4.79 Å². The van der Waals surface area contributed by atoms with Gasteiger partial charge in [0.1, 0.15) is 12.1 Å². The molecule has 6 nitrogen and oxygen atoms in total. The summed E-state index contributed by atoms with van der Waals surface area (Å²) in [4.78, 5) is 26.2. The highest BCUT2D eigenvalue weighted by Crippen LogP contribution is 2.47. The Kier molecular flexibility index (Phi) is 3.63. The number of thioether (sulfide) groups is 1. The zero-order valence-electron chi connectivity index (χ0n) is 13.6. The molecule has 0 aromatic heterocycles. The number of hydrogen-bond acceptors (Lipinski definition) is 6. The number of fused-ring (bicyclic) bond motifs is 2. The number of benzene rings is 1. The molecule has 0 aliphatic carbocycles. The first kappa shape index (κ1) is 15.6. The number of esters is 1. The number of hydrogen-bond donors (Lipinski definition) is 0. The molecule has 24 heavy (non-hydrogen) atoms. The summed E-state index contributed by atoms with van der Waals surface area (Å²) in [6.45, 7) is 4.06. The van der Waals surface area contributed by atoms with Gasteiger partial charge in [0.2, 0.25) is 12.7 Å². The van der Waals surface area contributed by atoms with E-state index in [0.717, 1.165) is 12.0 Å². The van der Waals surface area contributed by atoms with E-state index in [1.54, 1.807) is 16.7 Å². The maximum atomic E-state index is 12.6. The molecule has 4 rings (SSSR count). The minimum absolute atomic E-state index is 0.0418. The highest BCUT2D eigenvalue weighted by Gasteiger charge is 2.53. The first-order chi connectivity index (χ1) is 11.5. The second kappa shape index (κ2) is 5.58. The standard InChI is InChI=1S/C17H19NO5S/c1-10(11-3-4-13-14(7-11)22-9-21-13)23-16(20)12-8-24-17(2)6-5-15(19)18(12)17/h3-4,7,10,12H,5-6,8-9H2,1-2H3. The third kappa shape index (κ3) is 2.42. The van der Waals surface area contributed by atoms with Gasteiger partial charge in [0, 0.05) is 12.2 Å². The molecule has 1 aromatic carbocycles. The normalized spacial score (nSPS) is 28.8. The Morgan fingerprint density at radius 2 is 2.21 bits per heavy atom. The zero-order valence-corrected chi connectivity index (χ0v) is 14.4. The molecule has 128 valence electrons. The lowest BCUT2D eigenvalue weighted by Gasteiger charge is -2.30. The fourth-order valence-electron chi connectivity index (χ4n) is 3.48. The van der Waals surface area contributed by atoms with Crippen molar-refractivity contribution in [3.8, 4) is 11.5 Å². The van der Waals surface area contributed by atoms with Gasteiger partial charge in [-0.1, -0.05) is 6.07 Å². The minimum atomic E-state index is -0.494. The summed E-state index contributed by atoms with van der Waals surface area (Å²) in [5.74, 6) is 1.65. The van der Waals surface area contributed by atoms with Crippen LogP contribution in [-0.2, 0) is 14.3 Å². The van der Waals surface area contributed by atoms with Crippen LogP contribution < -0.4 is 9.47 Å². The minimum Gasteiger partial charge on any atom is -0.456 e. The van der Waals surface area contributed by atoms with Crippen molar-refractivity contribution in [3.63, 3.8) is 0 Å². The number of rotatable bonds is 3. The first-order valence-corrected chi connectivity index (χ1v) is 9.03. The largest absolute Gasteiger partial charge is 0.456 e. The van der Waals surface area contributed by atoms with Crippen LogP contribution in [0.1, 0.15) is 38.4 Å². The lowest BCUT2D eigenvalue weighted by molar-refractivity contribution is -0.157. The third-order valence-electron chi connectivity index (χ3n) is 4.88. The molecule has 0 saturated carbocycles. The molecule has 0 bridgehead atoms. The monoisotopic (exact) mass is 349 g/mol. The molecule has 3 aliphatic rings. The molecule has 3 heterocycles. The average molecular weight is 349 g/mol. The Morgan fingerprint density at radius 3 is 3.04 bits per heavy atom. The SMILES string of the molecule is CC(OC(=O)C1CSC2(C)CCC(=O)N12)c1ccc2c(c1)OCO2. The van der Waals surface area contributed by atoms with Gasteiger partial charge in [0.25, 0.3) is 0 Å². The lowest BCUT2D eigenvalue weighted by atomic mass is 10.1. The van der Waals surface area contributed by atoms with Crippen LogP contribution in [0.3, 0.4) is 0 Å². The van der Waals surface area contributed by atoms with Gasteiger partial charge >= 0.3 is 5.97 Å². The van der Waals surface area contributed by atoms with E-state index in [0.29, 0.717) is 23.7 Å². The summed E-state index contributed by atoms with van der Waals surface area (Å²) in [5, 5.41) is 0. The van der Waals surface area contributed by atoms with Crippen LogP contribution in [0.15, 0.2) is 18.2 Å². The van der Waals surface area contributed by atoms with Crippen LogP contribution in [0.5, 0.6) is 11.5 Å². The molecule has 7 heteroatoms. The van der Waals surface area contributed by atoms with Gasteiger partial charge in [0.15, 0.2) is 11.5 Å². The molecule has 3 unspecified atom stereocenters. The van der Waals surface area contributed by atoms with Gasteiger partial charge in [-0.05, 0) is 38.0 Å². The molecule has 3 aliphatic heterocycles. The summed E-state index contributed by atoms with van der Waals surface area (Å²) < 4.78 is 16.3. The van der Waals surface area contributed by atoms with E-state index < -0.39 is 12.1 Å². The van der Waals surface area contributed by atoms with Crippen molar-refractivity contribution in [2.45, 2.75) is 43.7 Å². The number of nitrogens with zero attached hydrogens (tertiary/aromatic N) is 1. The number of ether oxygens (including phenoxy) is 3.